The first-order valence-electron chi connectivity index (χ1n) is 8.99. The first-order valence-corrected chi connectivity index (χ1v) is 10.5. The first-order chi connectivity index (χ1) is 12.8. The van der Waals surface area contributed by atoms with Crippen LogP contribution in [0.5, 0.6) is 0 Å². The van der Waals surface area contributed by atoms with Crippen LogP contribution < -0.4 is 10.5 Å². The molecule has 0 radical (unpaired) electrons. The number of carbonyl (C=O) groups excluding carboxylic acids is 1. The fourth-order valence-electron chi connectivity index (χ4n) is 2.70. The van der Waals surface area contributed by atoms with E-state index < -0.39 is 10.0 Å². The second kappa shape index (κ2) is 9.64. The quantitative estimate of drug-likeness (QED) is 0.689. The van der Waals surface area contributed by atoms with Crippen molar-refractivity contribution in [2.75, 3.05) is 13.1 Å². The Morgan fingerprint density at radius 3 is 2.44 bits per heavy atom. The van der Waals surface area contributed by atoms with Crippen LogP contribution in [0.25, 0.3) is 0 Å². The highest BCUT2D eigenvalue weighted by Crippen LogP contribution is 2.16. The van der Waals surface area contributed by atoms with Gasteiger partial charge >= 0.3 is 0 Å². The maximum Gasteiger partial charge on any atom is 0.254 e. The van der Waals surface area contributed by atoms with Gasteiger partial charge in [-0.05, 0) is 50.6 Å². The van der Waals surface area contributed by atoms with Crippen LogP contribution in [0.1, 0.15) is 36.2 Å². The van der Waals surface area contributed by atoms with Gasteiger partial charge in [-0.3, -0.25) is 4.79 Å². The Kier molecular flexibility index (Phi) is 7.53. The van der Waals surface area contributed by atoms with E-state index in [4.69, 9.17) is 5.73 Å². The Labute approximate surface area is 161 Å². The average molecular weight is 390 g/mol. The molecule has 0 saturated carbocycles. The molecule has 0 saturated heterocycles. The molecule has 2 aromatic rings. The summed E-state index contributed by atoms with van der Waals surface area (Å²) in [7, 11) is -3.66. The van der Waals surface area contributed by atoms with Crippen molar-refractivity contribution < 1.29 is 13.2 Å². The van der Waals surface area contributed by atoms with E-state index >= 15 is 0 Å². The Bertz CT molecular complexity index is 852. The number of nitrogens with zero attached hydrogens (tertiary/aromatic N) is 1. The van der Waals surface area contributed by atoms with E-state index in [0.29, 0.717) is 31.6 Å². The van der Waals surface area contributed by atoms with Crippen LogP contribution in [-0.4, -0.2) is 38.4 Å². The number of benzene rings is 2. The molecular formula is C20H27N3O3S. The van der Waals surface area contributed by atoms with Crippen molar-refractivity contribution in [3.8, 4) is 0 Å². The normalized spacial score (nSPS) is 11.6. The minimum Gasteiger partial charge on any atom is -0.334 e. The molecule has 0 aliphatic rings. The summed E-state index contributed by atoms with van der Waals surface area (Å²) in [6.45, 7) is 4.93. The molecule has 0 fully saturated rings. The Hall–Kier alpha value is -2.22. The molecule has 0 unspecified atom stereocenters. The van der Waals surface area contributed by atoms with Crippen LogP contribution in [0.15, 0.2) is 59.5 Å². The smallest absolute Gasteiger partial charge is 0.254 e. The fraction of sp³-hybridized carbons (Fsp3) is 0.350. The van der Waals surface area contributed by atoms with Crippen LogP contribution in [-0.2, 0) is 16.6 Å². The van der Waals surface area contributed by atoms with Crippen LogP contribution in [0.3, 0.4) is 0 Å². The van der Waals surface area contributed by atoms with Gasteiger partial charge < -0.3 is 10.6 Å². The van der Waals surface area contributed by atoms with Crippen molar-refractivity contribution in [3.63, 3.8) is 0 Å². The van der Waals surface area contributed by atoms with Gasteiger partial charge in [-0.1, -0.05) is 36.4 Å². The molecule has 0 atom stereocenters. The first kappa shape index (κ1) is 21.1. The van der Waals surface area contributed by atoms with Gasteiger partial charge in [0.15, 0.2) is 0 Å². The monoisotopic (exact) mass is 389 g/mol. The van der Waals surface area contributed by atoms with Gasteiger partial charge in [0, 0.05) is 24.7 Å². The third kappa shape index (κ3) is 6.16. The van der Waals surface area contributed by atoms with Gasteiger partial charge in [0.1, 0.15) is 0 Å². The van der Waals surface area contributed by atoms with Gasteiger partial charge in [0.05, 0.1) is 4.90 Å². The Morgan fingerprint density at radius 1 is 1.11 bits per heavy atom. The molecule has 0 aliphatic heterocycles. The summed E-state index contributed by atoms with van der Waals surface area (Å²) in [6.07, 6.45) is 0.672. The molecule has 1 amide bonds. The number of hydrogen-bond donors (Lipinski definition) is 2. The molecule has 0 aliphatic carbocycles. The summed E-state index contributed by atoms with van der Waals surface area (Å²) in [5.74, 6) is -0.214. The minimum atomic E-state index is -3.66. The molecule has 7 heteroatoms. The number of carbonyl (C=O) groups is 1. The van der Waals surface area contributed by atoms with E-state index in [2.05, 4.69) is 4.72 Å². The molecular weight excluding hydrogens is 362 g/mol. The summed E-state index contributed by atoms with van der Waals surface area (Å²) in [5, 5.41) is 0. The molecule has 6 nitrogen and oxygen atoms in total. The van der Waals surface area contributed by atoms with Crippen LogP contribution in [0.4, 0.5) is 0 Å². The number of nitrogens with one attached hydrogen (secondary N) is 1. The zero-order valence-electron chi connectivity index (χ0n) is 15.8. The maximum atomic E-state index is 13.0. The van der Waals surface area contributed by atoms with E-state index in [9.17, 15) is 13.2 Å². The van der Waals surface area contributed by atoms with Gasteiger partial charge in [-0.25, -0.2) is 13.1 Å². The molecule has 0 aromatic heterocycles. The number of sulfonamides is 1. The molecule has 0 heterocycles. The minimum absolute atomic E-state index is 0.0838. The van der Waals surface area contributed by atoms with Crippen LogP contribution in [0.2, 0.25) is 0 Å². The highest BCUT2D eigenvalue weighted by Gasteiger charge is 2.20. The zero-order chi connectivity index (χ0) is 19.9. The summed E-state index contributed by atoms with van der Waals surface area (Å²) >= 11 is 0. The van der Waals surface area contributed by atoms with E-state index in [1.54, 1.807) is 30.9 Å². The number of rotatable bonds is 9. The highest BCUT2D eigenvalue weighted by molar-refractivity contribution is 7.89. The standard InChI is InChI=1S/C20H27N3O3S/c1-16(2)22-27(25,26)19-11-6-10-18(14-19)20(24)23(13-7-12-21)15-17-8-4-3-5-9-17/h3-6,8-11,14,16,22H,7,12-13,15,21H2,1-2H3. The van der Waals surface area contributed by atoms with E-state index in [-0.39, 0.29) is 16.8 Å². The molecule has 146 valence electrons. The number of hydrogen-bond acceptors (Lipinski definition) is 4. The lowest BCUT2D eigenvalue weighted by Crippen LogP contribution is -2.33. The molecule has 2 aromatic carbocycles. The topological polar surface area (TPSA) is 92.5 Å². The Morgan fingerprint density at radius 2 is 1.81 bits per heavy atom. The van der Waals surface area contributed by atoms with Crippen molar-refractivity contribution >= 4 is 15.9 Å². The highest BCUT2D eigenvalue weighted by atomic mass is 32.2. The third-order valence-electron chi connectivity index (χ3n) is 3.92. The SMILES string of the molecule is CC(C)NS(=O)(=O)c1cccc(C(=O)N(CCCN)Cc2ccccc2)c1. The van der Waals surface area contributed by atoms with Crippen molar-refractivity contribution in [1.29, 1.82) is 0 Å². The lowest BCUT2D eigenvalue weighted by molar-refractivity contribution is 0.0742. The molecule has 0 spiro atoms. The summed E-state index contributed by atoms with van der Waals surface area (Å²) in [4.78, 5) is 14.8. The van der Waals surface area contributed by atoms with Gasteiger partial charge in [0.2, 0.25) is 10.0 Å². The summed E-state index contributed by atoms with van der Waals surface area (Å²) in [5.41, 5.74) is 6.96. The summed E-state index contributed by atoms with van der Waals surface area (Å²) in [6, 6.07) is 15.6. The second-order valence-electron chi connectivity index (χ2n) is 6.66. The van der Waals surface area contributed by atoms with Crippen molar-refractivity contribution in [2.45, 2.75) is 37.8 Å². The van der Waals surface area contributed by atoms with Crippen molar-refractivity contribution in [1.82, 2.24) is 9.62 Å². The van der Waals surface area contributed by atoms with E-state index in [0.717, 1.165) is 5.56 Å². The average Bonchev–Trinajstić information content (AvgIpc) is 2.64. The van der Waals surface area contributed by atoms with Gasteiger partial charge in [0.25, 0.3) is 5.91 Å². The van der Waals surface area contributed by atoms with Gasteiger partial charge in [-0.15, -0.1) is 0 Å². The largest absolute Gasteiger partial charge is 0.334 e. The van der Waals surface area contributed by atoms with Crippen molar-refractivity contribution in [2.24, 2.45) is 5.73 Å². The molecule has 27 heavy (non-hydrogen) atoms. The number of amides is 1. The van der Waals surface area contributed by atoms with Crippen LogP contribution in [0, 0.1) is 0 Å². The predicted molar refractivity (Wildman–Crippen MR) is 107 cm³/mol. The lowest BCUT2D eigenvalue weighted by Gasteiger charge is -2.23. The molecule has 0 bridgehead atoms. The predicted octanol–water partition coefficient (Wildman–Crippen LogP) is 2.36. The summed E-state index contributed by atoms with van der Waals surface area (Å²) < 4.78 is 27.3. The third-order valence-corrected chi connectivity index (χ3v) is 5.57. The van der Waals surface area contributed by atoms with E-state index in [1.165, 1.54) is 12.1 Å². The number of nitrogens with two attached hydrogens (primary N) is 1. The van der Waals surface area contributed by atoms with Crippen molar-refractivity contribution in [3.05, 3.63) is 65.7 Å². The molecule has 2 rings (SSSR count). The Balaban J connectivity index is 2.27. The maximum absolute atomic E-state index is 13.0. The second-order valence-corrected chi connectivity index (χ2v) is 8.37. The zero-order valence-corrected chi connectivity index (χ0v) is 16.6. The van der Waals surface area contributed by atoms with Crippen LogP contribution >= 0.6 is 0 Å². The fourth-order valence-corrected chi connectivity index (χ4v) is 3.99. The molecule has 3 N–H and O–H groups in total. The van der Waals surface area contributed by atoms with Gasteiger partial charge in [-0.2, -0.15) is 0 Å². The lowest BCUT2D eigenvalue weighted by atomic mass is 10.1. The van der Waals surface area contributed by atoms with E-state index in [1.807, 2.05) is 30.3 Å².